The highest BCUT2D eigenvalue weighted by atomic mass is 16.5. The first kappa shape index (κ1) is 18.6. The molecule has 1 aliphatic rings. The van der Waals surface area contributed by atoms with E-state index in [0.717, 1.165) is 5.56 Å². The van der Waals surface area contributed by atoms with Crippen LogP contribution in [0.2, 0.25) is 0 Å². The molecule has 0 aromatic heterocycles. The van der Waals surface area contributed by atoms with Crippen LogP contribution < -0.4 is 10.5 Å². The molecule has 4 rings (SSSR count). The van der Waals surface area contributed by atoms with E-state index in [9.17, 15) is 9.90 Å². The van der Waals surface area contributed by atoms with Gasteiger partial charge in [-0.2, -0.15) is 0 Å². The molecule has 3 N–H and O–H groups in total. The Bertz CT molecular complexity index is 1110. The van der Waals surface area contributed by atoms with Crippen LogP contribution in [0.15, 0.2) is 77.8 Å². The number of aromatic hydroxyl groups is 1. The van der Waals surface area contributed by atoms with E-state index in [4.69, 9.17) is 10.5 Å². The molecule has 1 amide bonds. The number of amides is 1. The van der Waals surface area contributed by atoms with E-state index in [1.807, 2.05) is 54.6 Å². The maximum absolute atomic E-state index is 13.3. The van der Waals surface area contributed by atoms with Gasteiger partial charge in [-0.25, -0.2) is 4.99 Å². The maximum Gasteiger partial charge on any atom is 0.266 e. The summed E-state index contributed by atoms with van der Waals surface area (Å²) in [6, 6.07) is 21.7. The van der Waals surface area contributed by atoms with Crippen LogP contribution in [0.1, 0.15) is 11.1 Å². The number of likely N-dealkylation sites (N-methyl/N-ethyl adjacent to an activating group) is 1. The molecule has 1 atom stereocenters. The zero-order chi connectivity index (χ0) is 20.6. The number of phenols is 1. The van der Waals surface area contributed by atoms with Crippen LogP contribution in [0, 0.1) is 0 Å². The van der Waals surface area contributed by atoms with E-state index in [2.05, 4.69) is 4.99 Å². The minimum Gasteiger partial charge on any atom is -0.507 e. The molecule has 3 aromatic carbocycles. The van der Waals surface area contributed by atoms with Crippen molar-refractivity contribution in [1.29, 1.82) is 0 Å². The first-order chi connectivity index (χ1) is 14.0. The van der Waals surface area contributed by atoms with Crippen molar-refractivity contribution in [2.24, 2.45) is 10.7 Å². The Morgan fingerprint density at radius 1 is 1.00 bits per heavy atom. The summed E-state index contributed by atoms with van der Waals surface area (Å²) < 4.78 is 5.30. The number of ether oxygens (including phenoxy) is 1. The van der Waals surface area contributed by atoms with Gasteiger partial charge >= 0.3 is 0 Å². The van der Waals surface area contributed by atoms with Crippen LogP contribution in [0.5, 0.6) is 11.5 Å². The Labute approximate surface area is 168 Å². The maximum atomic E-state index is 13.3. The van der Waals surface area contributed by atoms with Gasteiger partial charge in [0.05, 0.1) is 7.11 Å². The minimum absolute atomic E-state index is 0.0981. The van der Waals surface area contributed by atoms with Crippen molar-refractivity contribution in [3.05, 3.63) is 83.9 Å². The summed E-state index contributed by atoms with van der Waals surface area (Å²) in [7, 11) is 3.19. The fourth-order valence-corrected chi connectivity index (χ4v) is 3.65. The van der Waals surface area contributed by atoms with E-state index in [1.54, 1.807) is 32.4 Å². The van der Waals surface area contributed by atoms with E-state index < -0.39 is 5.54 Å². The fourth-order valence-electron chi connectivity index (χ4n) is 3.65. The van der Waals surface area contributed by atoms with Gasteiger partial charge in [0, 0.05) is 12.6 Å². The summed E-state index contributed by atoms with van der Waals surface area (Å²) in [5, 5.41) is 10.5. The average Bonchev–Trinajstić information content (AvgIpc) is 2.99. The summed E-state index contributed by atoms with van der Waals surface area (Å²) in [5.74, 6) is 0.670. The highest BCUT2D eigenvalue weighted by Crippen LogP contribution is 2.42. The predicted molar refractivity (Wildman–Crippen MR) is 112 cm³/mol. The topological polar surface area (TPSA) is 88.2 Å². The first-order valence-electron chi connectivity index (χ1n) is 9.14. The molecule has 3 aromatic rings. The number of hydrogen-bond donors (Lipinski definition) is 2. The SMILES string of the molecule is COc1cccc(-c2cc(C3(c4ccccc4)N=C(N)N(C)C3=O)ccc2O)c1. The van der Waals surface area contributed by atoms with Gasteiger partial charge < -0.3 is 15.6 Å². The Morgan fingerprint density at radius 3 is 2.41 bits per heavy atom. The highest BCUT2D eigenvalue weighted by Gasteiger charge is 2.49. The highest BCUT2D eigenvalue weighted by molar-refractivity contribution is 6.09. The van der Waals surface area contributed by atoms with Gasteiger partial charge in [-0.1, -0.05) is 48.5 Å². The van der Waals surface area contributed by atoms with E-state index >= 15 is 0 Å². The van der Waals surface area contributed by atoms with Gasteiger partial charge in [0.1, 0.15) is 11.5 Å². The molecule has 146 valence electrons. The van der Waals surface area contributed by atoms with Crippen LogP contribution in [0.25, 0.3) is 11.1 Å². The first-order valence-corrected chi connectivity index (χ1v) is 9.14. The molecule has 0 aliphatic carbocycles. The van der Waals surface area contributed by atoms with Crippen LogP contribution in [-0.2, 0) is 10.3 Å². The molecular formula is C23H21N3O3. The third-order valence-electron chi connectivity index (χ3n) is 5.23. The van der Waals surface area contributed by atoms with Crippen molar-refractivity contribution in [3.63, 3.8) is 0 Å². The summed E-state index contributed by atoms with van der Waals surface area (Å²) in [5.41, 5.74) is 7.39. The number of carbonyl (C=O) groups excluding carboxylic acids is 1. The lowest BCUT2D eigenvalue weighted by Crippen LogP contribution is -2.41. The number of nitrogens with zero attached hydrogens (tertiary/aromatic N) is 2. The van der Waals surface area contributed by atoms with Crippen molar-refractivity contribution >= 4 is 11.9 Å². The number of benzene rings is 3. The molecular weight excluding hydrogens is 366 g/mol. The van der Waals surface area contributed by atoms with Crippen LogP contribution in [0.4, 0.5) is 0 Å². The zero-order valence-electron chi connectivity index (χ0n) is 16.2. The molecule has 6 heteroatoms. The number of nitrogens with two attached hydrogens (primary N) is 1. The second-order valence-electron chi connectivity index (χ2n) is 6.87. The van der Waals surface area contributed by atoms with Gasteiger partial charge in [-0.15, -0.1) is 0 Å². The lowest BCUT2D eigenvalue weighted by Gasteiger charge is -2.26. The smallest absolute Gasteiger partial charge is 0.266 e. The molecule has 0 saturated heterocycles. The Hall–Kier alpha value is -3.80. The quantitative estimate of drug-likeness (QED) is 0.720. The lowest BCUT2D eigenvalue weighted by atomic mass is 9.81. The molecule has 1 aliphatic heterocycles. The minimum atomic E-state index is -1.30. The molecule has 1 unspecified atom stereocenters. The van der Waals surface area contributed by atoms with E-state index in [1.165, 1.54) is 4.90 Å². The molecule has 0 spiro atoms. The average molecular weight is 387 g/mol. The Morgan fingerprint density at radius 2 is 1.76 bits per heavy atom. The van der Waals surface area contributed by atoms with Gasteiger partial charge in [0.2, 0.25) is 0 Å². The van der Waals surface area contributed by atoms with Crippen molar-refractivity contribution in [1.82, 2.24) is 4.90 Å². The number of guanidine groups is 1. The Kier molecular flexibility index (Phi) is 4.47. The van der Waals surface area contributed by atoms with Gasteiger partial charge in [0.25, 0.3) is 5.91 Å². The van der Waals surface area contributed by atoms with Crippen molar-refractivity contribution in [2.45, 2.75) is 5.54 Å². The fraction of sp³-hybridized carbons (Fsp3) is 0.130. The zero-order valence-corrected chi connectivity index (χ0v) is 16.2. The summed E-state index contributed by atoms with van der Waals surface area (Å²) in [4.78, 5) is 19.3. The largest absolute Gasteiger partial charge is 0.507 e. The van der Waals surface area contributed by atoms with Crippen molar-refractivity contribution in [3.8, 4) is 22.6 Å². The molecule has 0 fully saturated rings. The molecule has 0 saturated carbocycles. The number of phenolic OH excluding ortho intramolecular Hbond substituents is 1. The monoisotopic (exact) mass is 387 g/mol. The molecule has 0 bridgehead atoms. The number of methoxy groups -OCH3 is 1. The third kappa shape index (κ3) is 2.89. The lowest BCUT2D eigenvalue weighted by molar-refractivity contribution is -0.129. The molecule has 6 nitrogen and oxygen atoms in total. The number of aliphatic imine (C=N–C) groups is 1. The number of rotatable bonds is 4. The third-order valence-corrected chi connectivity index (χ3v) is 5.23. The summed E-state index contributed by atoms with van der Waals surface area (Å²) in [6.45, 7) is 0. The summed E-state index contributed by atoms with van der Waals surface area (Å²) in [6.07, 6.45) is 0. The number of carbonyl (C=O) groups is 1. The standard InChI is InChI=1S/C23H21N3O3/c1-26-21(28)23(25-22(26)24,16-8-4-3-5-9-16)17-11-12-20(27)19(14-17)15-7-6-10-18(13-15)29-2/h3-14,27H,1-2H3,(H2,24,25). The second-order valence-corrected chi connectivity index (χ2v) is 6.87. The Balaban J connectivity index is 1.95. The summed E-state index contributed by atoms with van der Waals surface area (Å²) >= 11 is 0. The number of hydrogen-bond acceptors (Lipinski definition) is 5. The van der Waals surface area contributed by atoms with Gasteiger partial charge in [-0.05, 0) is 41.0 Å². The normalized spacial score (nSPS) is 18.6. The van der Waals surface area contributed by atoms with Crippen LogP contribution >= 0.6 is 0 Å². The van der Waals surface area contributed by atoms with Crippen molar-refractivity contribution in [2.75, 3.05) is 14.2 Å². The van der Waals surface area contributed by atoms with E-state index in [0.29, 0.717) is 22.4 Å². The van der Waals surface area contributed by atoms with Gasteiger partial charge in [-0.3, -0.25) is 9.69 Å². The van der Waals surface area contributed by atoms with Crippen molar-refractivity contribution < 1.29 is 14.6 Å². The van der Waals surface area contributed by atoms with Crippen LogP contribution in [0.3, 0.4) is 0 Å². The van der Waals surface area contributed by atoms with Gasteiger partial charge in [0.15, 0.2) is 11.5 Å². The second kappa shape index (κ2) is 6.98. The molecule has 29 heavy (non-hydrogen) atoms. The molecule has 0 radical (unpaired) electrons. The van der Waals surface area contributed by atoms with Crippen LogP contribution in [-0.4, -0.2) is 36.0 Å². The predicted octanol–water partition coefficient (Wildman–Crippen LogP) is 3.10. The molecule has 1 heterocycles. The van der Waals surface area contributed by atoms with E-state index in [-0.39, 0.29) is 17.6 Å².